The van der Waals surface area contributed by atoms with Crippen molar-refractivity contribution in [2.24, 2.45) is 0 Å². The van der Waals surface area contributed by atoms with Gasteiger partial charge in [0.15, 0.2) is 0 Å². The van der Waals surface area contributed by atoms with Gasteiger partial charge in [-0.25, -0.2) is 4.31 Å². The monoisotopic (exact) mass is 474 g/mol. The van der Waals surface area contributed by atoms with Gasteiger partial charge in [0.25, 0.3) is 0 Å². The Morgan fingerprint density at radius 2 is 1.61 bits per heavy atom. The van der Waals surface area contributed by atoms with Crippen LogP contribution in [0.25, 0.3) is 0 Å². The Balaban J connectivity index is 2.39. The molecule has 33 heavy (non-hydrogen) atoms. The van der Waals surface area contributed by atoms with Gasteiger partial charge >= 0.3 is 10.2 Å². The lowest BCUT2D eigenvalue weighted by Gasteiger charge is -2.32. The summed E-state index contributed by atoms with van der Waals surface area (Å²) >= 11 is 0. The van der Waals surface area contributed by atoms with Crippen LogP contribution in [-0.4, -0.2) is 62.7 Å². The molecule has 180 valence electrons. The number of hydrogen-bond acceptors (Lipinski definition) is 4. The number of aryl methyl sites for hydroxylation is 1. The first-order valence-electron chi connectivity index (χ1n) is 11.0. The SMILES string of the molecule is CCCNC(=O)C(C)N(Cc1ccc(C)cc1)C(=O)CN(c1ccccc1)S(=O)(=O)N(C)C. The first kappa shape index (κ1) is 26.3. The number of rotatable bonds is 11. The maximum atomic E-state index is 13.5. The normalized spacial score (nSPS) is 12.3. The molecule has 0 aliphatic heterocycles. The molecule has 0 saturated heterocycles. The molecule has 2 aromatic rings. The maximum Gasteiger partial charge on any atom is 0.304 e. The van der Waals surface area contributed by atoms with E-state index in [0.29, 0.717) is 12.2 Å². The number of benzene rings is 2. The highest BCUT2D eigenvalue weighted by molar-refractivity contribution is 7.90. The number of anilines is 1. The molecule has 0 radical (unpaired) electrons. The second kappa shape index (κ2) is 11.8. The van der Waals surface area contributed by atoms with Gasteiger partial charge in [0.05, 0.1) is 5.69 Å². The summed E-state index contributed by atoms with van der Waals surface area (Å²) in [6, 6.07) is 15.4. The third-order valence-electron chi connectivity index (χ3n) is 5.25. The summed E-state index contributed by atoms with van der Waals surface area (Å²) in [5.41, 5.74) is 2.31. The van der Waals surface area contributed by atoms with Crippen molar-refractivity contribution >= 4 is 27.7 Å². The summed E-state index contributed by atoms with van der Waals surface area (Å²) in [5, 5.41) is 2.82. The molecule has 0 aliphatic carbocycles. The number of carbonyl (C=O) groups is 2. The second-order valence-corrected chi connectivity index (χ2v) is 10.2. The van der Waals surface area contributed by atoms with Crippen LogP contribution in [-0.2, 0) is 26.3 Å². The summed E-state index contributed by atoms with van der Waals surface area (Å²) < 4.78 is 28.2. The Bertz CT molecular complexity index is 1020. The van der Waals surface area contributed by atoms with Crippen molar-refractivity contribution in [3.63, 3.8) is 0 Å². The maximum absolute atomic E-state index is 13.5. The van der Waals surface area contributed by atoms with Crippen LogP contribution in [0, 0.1) is 6.92 Å². The van der Waals surface area contributed by atoms with Crippen LogP contribution in [0.3, 0.4) is 0 Å². The van der Waals surface area contributed by atoms with Crippen molar-refractivity contribution in [3.05, 3.63) is 65.7 Å². The third-order valence-corrected chi connectivity index (χ3v) is 7.07. The van der Waals surface area contributed by atoms with Gasteiger partial charge in [0.2, 0.25) is 11.8 Å². The summed E-state index contributed by atoms with van der Waals surface area (Å²) in [4.78, 5) is 27.6. The predicted octanol–water partition coefficient (Wildman–Crippen LogP) is 2.55. The lowest BCUT2D eigenvalue weighted by atomic mass is 10.1. The molecule has 1 unspecified atom stereocenters. The molecular formula is C24H34N4O4S. The quantitative estimate of drug-likeness (QED) is 0.542. The van der Waals surface area contributed by atoms with Crippen LogP contribution in [0.1, 0.15) is 31.4 Å². The van der Waals surface area contributed by atoms with E-state index >= 15 is 0 Å². The van der Waals surface area contributed by atoms with Gasteiger partial charge in [-0.15, -0.1) is 0 Å². The number of amides is 2. The lowest BCUT2D eigenvalue weighted by molar-refractivity contribution is -0.139. The number of hydrogen-bond donors (Lipinski definition) is 1. The van der Waals surface area contributed by atoms with E-state index < -0.39 is 28.7 Å². The van der Waals surface area contributed by atoms with Gasteiger partial charge in [-0.1, -0.05) is 55.0 Å². The molecule has 2 rings (SSSR count). The molecule has 1 N–H and O–H groups in total. The van der Waals surface area contributed by atoms with Crippen LogP contribution < -0.4 is 9.62 Å². The summed E-state index contributed by atoms with van der Waals surface area (Å²) in [6.45, 7) is 5.83. The molecule has 0 bridgehead atoms. The zero-order chi connectivity index (χ0) is 24.6. The Labute approximate surface area is 197 Å². The van der Waals surface area contributed by atoms with Gasteiger partial charge in [-0.05, 0) is 38.0 Å². The first-order chi connectivity index (χ1) is 15.6. The van der Waals surface area contributed by atoms with Crippen LogP contribution >= 0.6 is 0 Å². The minimum absolute atomic E-state index is 0.185. The van der Waals surface area contributed by atoms with E-state index in [1.165, 1.54) is 19.0 Å². The topological polar surface area (TPSA) is 90.0 Å². The molecule has 0 fully saturated rings. The Morgan fingerprint density at radius 1 is 1.00 bits per heavy atom. The van der Waals surface area contributed by atoms with E-state index in [4.69, 9.17) is 0 Å². The highest BCUT2D eigenvalue weighted by Gasteiger charge is 2.32. The van der Waals surface area contributed by atoms with Crippen molar-refractivity contribution in [1.29, 1.82) is 0 Å². The molecule has 9 heteroatoms. The zero-order valence-corrected chi connectivity index (χ0v) is 20.8. The fourth-order valence-corrected chi connectivity index (χ4v) is 4.24. The molecular weight excluding hydrogens is 440 g/mol. The van der Waals surface area contributed by atoms with Crippen molar-refractivity contribution in [2.75, 3.05) is 31.5 Å². The fourth-order valence-electron chi connectivity index (χ4n) is 3.18. The molecule has 0 aliphatic rings. The van der Waals surface area contributed by atoms with E-state index in [-0.39, 0.29) is 12.5 Å². The third kappa shape index (κ3) is 7.03. The van der Waals surface area contributed by atoms with E-state index in [0.717, 1.165) is 26.2 Å². The van der Waals surface area contributed by atoms with Gasteiger partial charge in [-0.2, -0.15) is 12.7 Å². The number of nitrogens with one attached hydrogen (secondary N) is 1. The van der Waals surface area contributed by atoms with E-state index in [2.05, 4.69) is 5.32 Å². The predicted molar refractivity (Wildman–Crippen MR) is 131 cm³/mol. The summed E-state index contributed by atoms with van der Waals surface area (Å²) in [7, 11) is -1.11. The van der Waals surface area contributed by atoms with E-state index in [1.54, 1.807) is 37.3 Å². The molecule has 1 atom stereocenters. The highest BCUT2D eigenvalue weighted by Crippen LogP contribution is 2.20. The molecule has 8 nitrogen and oxygen atoms in total. The molecule has 0 heterocycles. The standard InChI is InChI=1S/C24H34N4O4S/c1-6-16-25-24(30)20(3)27(17-21-14-12-19(2)13-15-21)23(29)18-28(33(31,32)26(4)5)22-10-8-7-9-11-22/h7-15,20H,6,16-18H2,1-5H3,(H,25,30). The van der Waals surface area contributed by atoms with Gasteiger partial charge in [0.1, 0.15) is 12.6 Å². The van der Waals surface area contributed by atoms with Gasteiger partial charge in [-0.3, -0.25) is 9.59 Å². The first-order valence-corrected chi connectivity index (χ1v) is 12.4. The van der Waals surface area contributed by atoms with Crippen LogP contribution in [0.15, 0.2) is 54.6 Å². The number of carbonyl (C=O) groups excluding carboxylic acids is 2. The van der Waals surface area contributed by atoms with Crippen molar-refractivity contribution in [1.82, 2.24) is 14.5 Å². The van der Waals surface area contributed by atoms with Crippen molar-refractivity contribution in [3.8, 4) is 0 Å². The zero-order valence-electron chi connectivity index (χ0n) is 20.0. The minimum Gasteiger partial charge on any atom is -0.354 e. The molecule has 2 aromatic carbocycles. The Kier molecular flexibility index (Phi) is 9.43. The molecule has 0 saturated carbocycles. The van der Waals surface area contributed by atoms with E-state index in [9.17, 15) is 18.0 Å². The lowest BCUT2D eigenvalue weighted by Crippen LogP contribution is -2.52. The van der Waals surface area contributed by atoms with Gasteiger partial charge < -0.3 is 10.2 Å². The molecule has 0 spiro atoms. The smallest absolute Gasteiger partial charge is 0.304 e. The number of para-hydroxylation sites is 1. The van der Waals surface area contributed by atoms with E-state index in [1.807, 2.05) is 38.1 Å². The Hall–Kier alpha value is -2.91. The average molecular weight is 475 g/mol. The van der Waals surface area contributed by atoms with Crippen LogP contribution in [0.2, 0.25) is 0 Å². The van der Waals surface area contributed by atoms with Crippen molar-refractivity contribution < 1.29 is 18.0 Å². The average Bonchev–Trinajstić information content (AvgIpc) is 2.80. The molecule has 0 aromatic heterocycles. The van der Waals surface area contributed by atoms with Crippen molar-refractivity contribution in [2.45, 2.75) is 39.8 Å². The second-order valence-electron chi connectivity index (χ2n) is 8.11. The molecule has 2 amide bonds. The number of nitrogens with zero attached hydrogens (tertiary/aromatic N) is 3. The largest absolute Gasteiger partial charge is 0.354 e. The minimum atomic E-state index is -3.94. The van der Waals surface area contributed by atoms with Crippen LogP contribution in [0.4, 0.5) is 5.69 Å². The highest BCUT2D eigenvalue weighted by atomic mass is 32.2. The summed E-state index contributed by atoms with van der Waals surface area (Å²) in [5.74, 6) is -0.747. The summed E-state index contributed by atoms with van der Waals surface area (Å²) in [6.07, 6.45) is 0.771. The van der Waals surface area contributed by atoms with Crippen LogP contribution in [0.5, 0.6) is 0 Å². The Morgan fingerprint density at radius 3 is 2.15 bits per heavy atom. The fraction of sp³-hybridized carbons (Fsp3) is 0.417. The van der Waals surface area contributed by atoms with Gasteiger partial charge in [0, 0.05) is 27.2 Å².